The summed E-state index contributed by atoms with van der Waals surface area (Å²) in [5.41, 5.74) is 0. The number of nitrogens with zero attached hydrogens (tertiary/aromatic N) is 1. The van der Waals surface area contributed by atoms with Crippen LogP contribution in [-0.4, -0.2) is 43.2 Å². The summed E-state index contributed by atoms with van der Waals surface area (Å²) >= 11 is 0. The first kappa shape index (κ1) is 17.2. The van der Waals surface area contributed by atoms with Crippen molar-refractivity contribution in [2.75, 3.05) is 32.7 Å². The molecule has 114 valence electrons. The minimum Gasteiger partial charge on any atom is -0.313 e. The highest BCUT2D eigenvalue weighted by atomic mass is 15.4. The van der Waals surface area contributed by atoms with Gasteiger partial charge < -0.3 is 9.80 Å². The molecule has 0 aromatic heterocycles. The fourth-order valence-electron chi connectivity index (χ4n) is 3.88. The quantitative estimate of drug-likeness (QED) is 0.477. The molecule has 3 unspecified atom stereocenters. The van der Waals surface area contributed by atoms with Crippen molar-refractivity contribution in [1.29, 1.82) is 0 Å². The van der Waals surface area contributed by atoms with E-state index >= 15 is 0 Å². The lowest BCUT2D eigenvalue weighted by Crippen LogP contribution is -2.55. The van der Waals surface area contributed by atoms with Crippen molar-refractivity contribution in [3.8, 4) is 0 Å². The Labute approximate surface area is 125 Å². The molecule has 1 aliphatic heterocycles. The monoisotopic (exact) mass is 277 g/mol. The number of hydrogen-bond acceptors (Lipinski definition) is 1. The van der Waals surface area contributed by atoms with Gasteiger partial charge in [0.15, 0.2) is 0 Å². The zero-order valence-corrected chi connectivity index (χ0v) is 13.5. The third-order valence-electron chi connectivity index (χ3n) is 4.89. The van der Waals surface area contributed by atoms with Gasteiger partial charge in [-0.3, -0.25) is 0 Å². The van der Waals surface area contributed by atoms with E-state index in [4.69, 9.17) is 0 Å². The highest BCUT2D eigenvalue weighted by molar-refractivity contribution is 4.90. The molecule has 0 aromatic rings. The van der Waals surface area contributed by atoms with Crippen LogP contribution in [0.3, 0.4) is 0 Å². The van der Waals surface area contributed by atoms with Crippen molar-refractivity contribution in [3.63, 3.8) is 0 Å². The van der Waals surface area contributed by atoms with E-state index < -0.39 is 0 Å². The van der Waals surface area contributed by atoms with Crippen LogP contribution in [0.4, 0.5) is 0 Å². The number of rotatable bonds is 10. The SMILES string of the molecule is C=CC[N+](CC=C)(CC=C)CC1NCC(CC)C1CC. The third-order valence-corrected chi connectivity index (χ3v) is 4.89. The van der Waals surface area contributed by atoms with Crippen LogP contribution in [0.5, 0.6) is 0 Å². The first-order valence-corrected chi connectivity index (χ1v) is 8.07. The van der Waals surface area contributed by atoms with Crippen molar-refractivity contribution in [2.24, 2.45) is 11.8 Å². The van der Waals surface area contributed by atoms with E-state index in [0.29, 0.717) is 6.04 Å². The van der Waals surface area contributed by atoms with Crippen LogP contribution >= 0.6 is 0 Å². The average Bonchev–Trinajstić information content (AvgIpc) is 2.81. The molecule has 1 N–H and O–H groups in total. The molecule has 1 saturated heterocycles. The Bertz CT molecular complexity index is 295. The van der Waals surface area contributed by atoms with Gasteiger partial charge in [0, 0.05) is 0 Å². The summed E-state index contributed by atoms with van der Waals surface area (Å²) in [5, 5.41) is 3.77. The molecule has 2 nitrogen and oxygen atoms in total. The van der Waals surface area contributed by atoms with Gasteiger partial charge >= 0.3 is 0 Å². The van der Waals surface area contributed by atoms with Gasteiger partial charge in [-0.15, -0.1) is 0 Å². The largest absolute Gasteiger partial charge is 0.313 e. The van der Waals surface area contributed by atoms with E-state index in [1.165, 1.54) is 19.4 Å². The van der Waals surface area contributed by atoms with Crippen LogP contribution in [-0.2, 0) is 0 Å². The van der Waals surface area contributed by atoms with Gasteiger partial charge in [0.05, 0.1) is 32.2 Å². The topological polar surface area (TPSA) is 12.0 Å². The highest BCUT2D eigenvalue weighted by Crippen LogP contribution is 2.30. The summed E-state index contributed by atoms with van der Waals surface area (Å²) in [5.74, 6) is 1.64. The Balaban J connectivity index is 2.84. The first-order valence-electron chi connectivity index (χ1n) is 8.07. The molecule has 0 spiro atoms. The molecule has 3 atom stereocenters. The van der Waals surface area contributed by atoms with Crippen LogP contribution in [0.25, 0.3) is 0 Å². The van der Waals surface area contributed by atoms with E-state index in [-0.39, 0.29) is 0 Å². The summed E-state index contributed by atoms with van der Waals surface area (Å²) in [4.78, 5) is 0. The predicted molar refractivity (Wildman–Crippen MR) is 89.7 cm³/mol. The summed E-state index contributed by atoms with van der Waals surface area (Å²) < 4.78 is 1.00. The highest BCUT2D eigenvalue weighted by Gasteiger charge is 2.38. The van der Waals surface area contributed by atoms with Gasteiger partial charge in [-0.1, -0.05) is 46.4 Å². The Hall–Kier alpha value is -0.860. The number of hydrogen-bond donors (Lipinski definition) is 1. The molecule has 0 saturated carbocycles. The molecule has 0 aliphatic carbocycles. The van der Waals surface area contributed by atoms with E-state index in [0.717, 1.165) is 42.5 Å². The van der Waals surface area contributed by atoms with Gasteiger partial charge in [-0.05, 0) is 36.6 Å². The second-order valence-corrected chi connectivity index (χ2v) is 6.19. The molecule has 1 aliphatic rings. The summed E-state index contributed by atoms with van der Waals surface area (Å²) in [7, 11) is 0. The van der Waals surface area contributed by atoms with Crippen LogP contribution in [0.15, 0.2) is 38.0 Å². The van der Waals surface area contributed by atoms with E-state index in [1.54, 1.807) is 0 Å². The summed E-state index contributed by atoms with van der Waals surface area (Å²) in [6, 6.07) is 0.616. The van der Waals surface area contributed by atoms with Crippen LogP contribution in [0, 0.1) is 11.8 Å². The van der Waals surface area contributed by atoms with Gasteiger partial charge in [-0.25, -0.2) is 0 Å². The smallest absolute Gasteiger partial charge is 0.0976 e. The Kier molecular flexibility index (Phi) is 7.25. The van der Waals surface area contributed by atoms with E-state index in [2.05, 4.69) is 38.9 Å². The molecule has 1 heterocycles. The lowest BCUT2D eigenvalue weighted by atomic mass is 9.86. The standard InChI is InChI=1S/C18H33N2/c1-6-11-20(12-7-2,13-8-3)15-18-17(10-5)16(9-4)14-19-18/h6-8,16-19H,1-3,9-15H2,4-5H3/q+1. The molecule has 2 heteroatoms. The maximum Gasteiger partial charge on any atom is 0.0976 e. The van der Waals surface area contributed by atoms with Crippen molar-refractivity contribution < 1.29 is 4.48 Å². The second kappa shape index (κ2) is 8.43. The lowest BCUT2D eigenvalue weighted by Gasteiger charge is -2.39. The molecule has 20 heavy (non-hydrogen) atoms. The summed E-state index contributed by atoms with van der Waals surface area (Å²) in [6.45, 7) is 21.8. The number of quaternary nitrogens is 1. The first-order chi connectivity index (χ1) is 9.66. The summed E-state index contributed by atoms with van der Waals surface area (Å²) in [6.07, 6.45) is 8.68. The lowest BCUT2D eigenvalue weighted by molar-refractivity contribution is -0.913. The van der Waals surface area contributed by atoms with Crippen molar-refractivity contribution >= 4 is 0 Å². The number of nitrogens with one attached hydrogen (secondary N) is 1. The Morgan fingerprint density at radius 1 is 1.00 bits per heavy atom. The zero-order valence-electron chi connectivity index (χ0n) is 13.5. The molecule has 0 amide bonds. The normalized spacial score (nSPS) is 26.4. The molecule has 0 aromatic carbocycles. The fourth-order valence-corrected chi connectivity index (χ4v) is 3.88. The van der Waals surface area contributed by atoms with Gasteiger partial charge in [0.25, 0.3) is 0 Å². The van der Waals surface area contributed by atoms with Crippen molar-refractivity contribution in [3.05, 3.63) is 38.0 Å². The molecule has 0 radical (unpaired) electrons. The van der Waals surface area contributed by atoms with Crippen molar-refractivity contribution in [1.82, 2.24) is 5.32 Å². The Morgan fingerprint density at radius 3 is 1.95 bits per heavy atom. The predicted octanol–water partition coefficient (Wildman–Crippen LogP) is 3.39. The van der Waals surface area contributed by atoms with Gasteiger partial charge in [0.1, 0.15) is 0 Å². The maximum absolute atomic E-state index is 3.95. The molecule has 1 fully saturated rings. The van der Waals surface area contributed by atoms with E-state index in [9.17, 15) is 0 Å². The van der Waals surface area contributed by atoms with Crippen LogP contribution in [0.1, 0.15) is 26.7 Å². The Morgan fingerprint density at radius 2 is 1.55 bits per heavy atom. The fraction of sp³-hybridized carbons (Fsp3) is 0.667. The van der Waals surface area contributed by atoms with Gasteiger partial charge in [-0.2, -0.15) is 0 Å². The second-order valence-electron chi connectivity index (χ2n) is 6.19. The minimum atomic E-state index is 0.616. The van der Waals surface area contributed by atoms with Crippen LogP contribution in [0.2, 0.25) is 0 Å². The van der Waals surface area contributed by atoms with E-state index in [1.807, 2.05) is 18.2 Å². The van der Waals surface area contributed by atoms with Crippen molar-refractivity contribution in [2.45, 2.75) is 32.7 Å². The van der Waals surface area contributed by atoms with Crippen LogP contribution < -0.4 is 5.32 Å². The molecule has 1 rings (SSSR count). The molecule has 0 bridgehead atoms. The molecular weight excluding hydrogens is 244 g/mol. The minimum absolute atomic E-state index is 0.616. The molecular formula is C18H33N2+. The average molecular weight is 277 g/mol. The third kappa shape index (κ3) is 4.07. The van der Waals surface area contributed by atoms with Gasteiger partial charge in [0.2, 0.25) is 0 Å². The maximum atomic E-state index is 3.95. The zero-order chi connectivity index (χ0) is 15.0.